The van der Waals surface area contributed by atoms with E-state index in [-0.39, 0.29) is 17.9 Å². The van der Waals surface area contributed by atoms with Crippen LogP contribution in [0.5, 0.6) is 0 Å². The molecule has 0 spiro atoms. The SMILES string of the molecule is CCOC(=O)N1CCN([C@H](C(=O)c2c[nH]c3ccccc23)c2ccccc2)CC1. The number of carbonyl (C=O) groups is 2. The normalized spacial score (nSPS) is 16.0. The van der Waals surface area contributed by atoms with E-state index in [1.807, 2.05) is 54.6 Å². The van der Waals surface area contributed by atoms with Gasteiger partial charge in [0.15, 0.2) is 5.78 Å². The highest BCUT2D eigenvalue weighted by molar-refractivity contribution is 6.10. The first-order chi connectivity index (χ1) is 14.2. The first kappa shape index (κ1) is 19.2. The lowest BCUT2D eigenvalue weighted by Crippen LogP contribution is -2.51. The fourth-order valence-corrected chi connectivity index (χ4v) is 3.96. The van der Waals surface area contributed by atoms with Crippen molar-refractivity contribution in [3.63, 3.8) is 0 Å². The molecule has 4 rings (SSSR count). The van der Waals surface area contributed by atoms with Gasteiger partial charge in [0.2, 0.25) is 0 Å². The predicted molar refractivity (Wildman–Crippen MR) is 112 cm³/mol. The molecule has 1 amide bonds. The van der Waals surface area contributed by atoms with Crippen molar-refractivity contribution >= 4 is 22.8 Å². The van der Waals surface area contributed by atoms with Crippen LogP contribution in [0, 0.1) is 0 Å². The number of rotatable bonds is 5. The van der Waals surface area contributed by atoms with Crippen LogP contribution in [0.2, 0.25) is 0 Å². The molecule has 29 heavy (non-hydrogen) atoms. The van der Waals surface area contributed by atoms with Gasteiger partial charge in [-0.25, -0.2) is 4.79 Å². The van der Waals surface area contributed by atoms with Crippen LogP contribution in [0.4, 0.5) is 4.79 Å². The molecule has 1 aromatic heterocycles. The molecule has 6 nitrogen and oxygen atoms in total. The van der Waals surface area contributed by atoms with Gasteiger partial charge in [0, 0.05) is 48.8 Å². The molecule has 6 heteroatoms. The smallest absolute Gasteiger partial charge is 0.409 e. The van der Waals surface area contributed by atoms with E-state index in [9.17, 15) is 9.59 Å². The second-order valence-electron chi connectivity index (χ2n) is 7.15. The third kappa shape index (κ3) is 3.89. The molecule has 0 bridgehead atoms. The van der Waals surface area contributed by atoms with Crippen molar-refractivity contribution in [2.45, 2.75) is 13.0 Å². The molecule has 1 aliphatic heterocycles. The van der Waals surface area contributed by atoms with Gasteiger partial charge in [0.1, 0.15) is 0 Å². The monoisotopic (exact) mass is 391 g/mol. The number of amides is 1. The third-order valence-electron chi connectivity index (χ3n) is 5.42. The molecule has 0 saturated carbocycles. The topological polar surface area (TPSA) is 65.6 Å². The van der Waals surface area contributed by atoms with Gasteiger partial charge < -0.3 is 14.6 Å². The summed E-state index contributed by atoms with van der Waals surface area (Å²) in [6, 6.07) is 17.3. The van der Waals surface area contributed by atoms with Gasteiger partial charge in [-0.05, 0) is 18.6 Å². The maximum absolute atomic E-state index is 13.7. The zero-order valence-corrected chi connectivity index (χ0v) is 16.5. The van der Waals surface area contributed by atoms with Gasteiger partial charge in [-0.15, -0.1) is 0 Å². The highest BCUT2D eigenvalue weighted by atomic mass is 16.6. The number of ether oxygens (including phenoxy) is 1. The van der Waals surface area contributed by atoms with E-state index in [1.165, 1.54) is 0 Å². The molecule has 0 aliphatic carbocycles. The standard InChI is InChI=1S/C23H25N3O3/c1-2-29-23(28)26-14-12-25(13-15-26)21(17-8-4-3-5-9-17)22(27)19-16-24-20-11-7-6-10-18(19)20/h3-11,16,21,24H,2,12-15H2,1H3/t21-/m0/s1. The van der Waals surface area contributed by atoms with E-state index in [1.54, 1.807) is 18.0 Å². The minimum absolute atomic E-state index is 0.0678. The van der Waals surface area contributed by atoms with Gasteiger partial charge in [-0.1, -0.05) is 48.5 Å². The molecule has 1 saturated heterocycles. The van der Waals surface area contributed by atoms with Gasteiger partial charge in [-0.2, -0.15) is 0 Å². The highest BCUT2D eigenvalue weighted by Gasteiger charge is 2.33. The largest absolute Gasteiger partial charge is 0.450 e. The number of H-pyrrole nitrogens is 1. The number of piperazine rings is 1. The van der Waals surface area contributed by atoms with Crippen LogP contribution in [0.3, 0.4) is 0 Å². The quantitative estimate of drug-likeness (QED) is 0.671. The van der Waals surface area contributed by atoms with Crippen LogP contribution in [-0.2, 0) is 4.74 Å². The Morgan fingerprint density at radius 3 is 2.41 bits per heavy atom. The van der Waals surface area contributed by atoms with Gasteiger partial charge in [0.05, 0.1) is 12.6 Å². The first-order valence-corrected chi connectivity index (χ1v) is 10.00. The number of hydrogen-bond donors (Lipinski definition) is 1. The number of ketones is 1. The summed E-state index contributed by atoms with van der Waals surface area (Å²) in [6.07, 6.45) is 1.52. The van der Waals surface area contributed by atoms with Crippen molar-refractivity contribution in [2.24, 2.45) is 0 Å². The molecule has 1 atom stereocenters. The molecule has 2 aromatic carbocycles. The summed E-state index contributed by atoms with van der Waals surface area (Å²) in [5, 5.41) is 0.934. The van der Waals surface area contributed by atoms with E-state index in [4.69, 9.17) is 4.74 Å². The Balaban J connectivity index is 1.62. The van der Waals surface area contributed by atoms with Crippen LogP contribution < -0.4 is 0 Å². The summed E-state index contributed by atoms with van der Waals surface area (Å²) >= 11 is 0. The fraction of sp³-hybridized carbons (Fsp3) is 0.304. The molecule has 1 aliphatic rings. The minimum Gasteiger partial charge on any atom is -0.450 e. The van der Waals surface area contributed by atoms with Crippen LogP contribution in [0.15, 0.2) is 60.8 Å². The lowest BCUT2D eigenvalue weighted by Gasteiger charge is -2.38. The van der Waals surface area contributed by atoms with Crippen LogP contribution in [-0.4, -0.2) is 59.4 Å². The Bertz CT molecular complexity index is 991. The molecule has 1 N–H and O–H groups in total. The maximum Gasteiger partial charge on any atom is 0.409 e. The molecular formula is C23H25N3O3. The Morgan fingerprint density at radius 1 is 1.00 bits per heavy atom. The molecule has 150 valence electrons. The van der Waals surface area contributed by atoms with Gasteiger partial charge in [0.25, 0.3) is 0 Å². The van der Waals surface area contributed by atoms with E-state index < -0.39 is 0 Å². The summed E-state index contributed by atoms with van der Waals surface area (Å²) in [5.74, 6) is 0.0678. The average Bonchev–Trinajstić information content (AvgIpc) is 3.19. The summed E-state index contributed by atoms with van der Waals surface area (Å²) in [5.41, 5.74) is 2.62. The Morgan fingerprint density at radius 2 is 1.69 bits per heavy atom. The number of aromatic amines is 1. The maximum atomic E-state index is 13.7. The van der Waals surface area contributed by atoms with Crippen molar-refractivity contribution in [2.75, 3.05) is 32.8 Å². The molecule has 0 unspecified atom stereocenters. The molecule has 1 fully saturated rings. The fourth-order valence-electron chi connectivity index (χ4n) is 3.96. The summed E-state index contributed by atoms with van der Waals surface area (Å²) in [6.45, 7) is 4.50. The van der Waals surface area contributed by atoms with E-state index >= 15 is 0 Å². The van der Waals surface area contributed by atoms with Crippen molar-refractivity contribution in [1.82, 2.24) is 14.8 Å². The number of para-hydroxylation sites is 1. The summed E-state index contributed by atoms with van der Waals surface area (Å²) in [7, 11) is 0. The van der Waals surface area contributed by atoms with E-state index in [0.29, 0.717) is 38.3 Å². The molecule has 0 radical (unpaired) electrons. The van der Waals surface area contributed by atoms with E-state index in [2.05, 4.69) is 9.88 Å². The van der Waals surface area contributed by atoms with Crippen molar-refractivity contribution in [3.05, 3.63) is 71.9 Å². The van der Waals surface area contributed by atoms with Gasteiger partial charge >= 0.3 is 6.09 Å². The number of hydrogen-bond acceptors (Lipinski definition) is 4. The van der Waals surface area contributed by atoms with Crippen molar-refractivity contribution < 1.29 is 14.3 Å². The number of nitrogens with one attached hydrogen (secondary N) is 1. The zero-order chi connectivity index (χ0) is 20.2. The van der Waals surface area contributed by atoms with Crippen molar-refractivity contribution in [3.8, 4) is 0 Å². The Hall–Kier alpha value is -3.12. The van der Waals surface area contributed by atoms with Crippen LogP contribution >= 0.6 is 0 Å². The minimum atomic E-state index is -0.389. The lowest BCUT2D eigenvalue weighted by molar-refractivity contribution is 0.0575. The van der Waals surface area contributed by atoms with Crippen molar-refractivity contribution in [1.29, 1.82) is 0 Å². The summed E-state index contributed by atoms with van der Waals surface area (Å²) in [4.78, 5) is 32.8. The highest BCUT2D eigenvalue weighted by Crippen LogP contribution is 2.29. The molecular weight excluding hydrogens is 366 g/mol. The lowest BCUT2D eigenvalue weighted by atomic mass is 9.95. The summed E-state index contributed by atoms with van der Waals surface area (Å²) < 4.78 is 5.11. The second-order valence-corrected chi connectivity index (χ2v) is 7.15. The number of carbonyl (C=O) groups excluding carboxylic acids is 2. The average molecular weight is 391 g/mol. The predicted octanol–water partition coefficient (Wildman–Crippen LogP) is 3.87. The number of fused-ring (bicyclic) bond motifs is 1. The Labute approximate surface area is 170 Å². The molecule has 2 heterocycles. The third-order valence-corrected chi connectivity index (χ3v) is 5.42. The zero-order valence-electron chi connectivity index (χ0n) is 16.5. The molecule has 3 aromatic rings. The number of nitrogens with zero attached hydrogens (tertiary/aromatic N) is 2. The van der Waals surface area contributed by atoms with Gasteiger partial charge in [-0.3, -0.25) is 9.69 Å². The first-order valence-electron chi connectivity index (χ1n) is 10.00. The number of Topliss-reactive ketones (excluding diaryl/α,β-unsaturated/α-hetero) is 1. The van der Waals surface area contributed by atoms with Crippen LogP contribution in [0.25, 0.3) is 10.9 Å². The second kappa shape index (κ2) is 8.49. The van der Waals surface area contributed by atoms with Crippen LogP contribution in [0.1, 0.15) is 28.9 Å². The number of aromatic nitrogens is 1. The Kier molecular flexibility index (Phi) is 5.62. The van der Waals surface area contributed by atoms with E-state index in [0.717, 1.165) is 16.5 Å². The number of benzene rings is 2.